The first-order valence-electron chi connectivity index (χ1n) is 21.2. The second kappa shape index (κ2) is 16.6. The Kier molecular flexibility index (Phi) is 12.1. The Bertz CT molecular complexity index is 2200. The Morgan fingerprint density at radius 2 is 1.84 bits per heavy atom. The zero-order chi connectivity index (χ0) is 44.1. The van der Waals surface area contributed by atoms with Gasteiger partial charge in [-0.05, 0) is 83.1 Å². The van der Waals surface area contributed by atoms with Crippen molar-refractivity contribution in [2.24, 2.45) is 17.8 Å². The molecular formula is C43H56F3N5O9S. The monoisotopic (exact) mass is 875 g/mol. The number of hydrogen-bond acceptors (Lipinski definition) is 10. The van der Waals surface area contributed by atoms with Crippen LogP contribution in [0.1, 0.15) is 98.1 Å². The number of alkyl carbamates (subject to hydrolysis) is 1. The number of allylic oxidation sites excluding steroid dienone is 1. The van der Waals surface area contributed by atoms with Gasteiger partial charge in [0.2, 0.25) is 27.7 Å². The minimum Gasteiger partial charge on any atom is -0.491 e. The van der Waals surface area contributed by atoms with Crippen LogP contribution in [-0.2, 0) is 35.6 Å². The van der Waals surface area contributed by atoms with E-state index in [1.54, 1.807) is 6.08 Å². The minimum absolute atomic E-state index is 0.00495. The summed E-state index contributed by atoms with van der Waals surface area (Å²) in [6.07, 6.45) is 4.99. The van der Waals surface area contributed by atoms with Crippen LogP contribution < -0.4 is 24.8 Å². The number of halogens is 3. The fourth-order valence-corrected chi connectivity index (χ4v) is 10.1. The normalized spacial score (nSPS) is 29.6. The Balaban J connectivity index is 1.25. The van der Waals surface area contributed by atoms with Gasteiger partial charge in [-0.25, -0.2) is 31.4 Å². The van der Waals surface area contributed by atoms with Crippen molar-refractivity contribution in [3.05, 3.63) is 42.1 Å². The topological polar surface area (TPSA) is 182 Å². The Morgan fingerprint density at radius 3 is 2.51 bits per heavy atom. The quantitative estimate of drug-likeness (QED) is 0.252. The zero-order valence-electron chi connectivity index (χ0n) is 35.2. The SMILES string of the molecule is CC[C@@H]1C[C@@H](C)CC/C=C\[C@@H]2C[C@@]2(C(=O)NS(=O)(=O)C2(CF)CC2)NC(=O)[C@@H]2C[C@@H](Oc3nc4c(c5ccccc35)OCCC4)CN2C(=O)C1NC(=O)OC(C)(C)C(C)(F)F. The van der Waals surface area contributed by atoms with E-state index in [9.17, 15) is 36.0 Å². The van der Waals surface area contributed by atoms with E-state index in [4.69, 9.17) is 19.2 Å². The second-order valence-corrected chi connectivity index (χ2v) is 20.2. The lowest BCUT2D eigenvalue weighted by Gasteiger charge is -2.35. The van der Waals surface area contributed by atoms with E-state index in [0.29, 0.717) is 62.5 Å². The van der Waals surface area contributed by atoms with Crippen LogP contribution in [0, 0.1) is 17.8 Å². The highest BCUT2D eigenvalue weighted by Crippen LogP contribution is 2.48. The summed E-state index contributed by atoms with van der Waals surface area (Å²) in [5, 5.41) is 6.82. The van der Waals surface area contributed by atoms with Crippen LogP contribution in [0.25, 0.3) is 10.8 Å². The van der Waals surface area contributed by atoms with E-state index in [1.165, 1.54) is 4.90 Å². The van der Waals surface area contributed by atoms with Gasteiger partial charge in [-0.15, -0.1) is 0 Å². The number of nitrogens with one attached hydrogen (secondary N) is 3. The van der Waals surface area contributed by atoms with Crippen molar-refractivity contribution in [3.63, 3.8) is 0 Å². The van der Waals surface area contributed by atoms with E-state index in [-0.39, 0.29) is 44.0 Å². The molecule has 4 heterocycles. The number of benzene rings is 1. The average Bonchev–Trinajstić information content (AvgIpc) is 4.11. The number of fused-ring (bicyclic) bond motifs is 5. The molecule has 1 unspecified atom stereocenters. The lowest BCUT2D eigenvalue weighted by atomic mass is 9.85. The summed E-state index contributed by atoms with van der Waals surface area (Å²) in [7, 11) is -4.44. The van der Waals surface area contributed by atoms with Crippen molar-refractivity contribution in [1.82, 2.24) is 25.2 Å². The Labute approximate surface area is 354 Å². The maximum absolute atomic E-state index is 15.1. The molecule has 1 aromatic carbocycles. The second-order valence-electron chi connectivity index (χ2n) is 18.1. The standard InChI is InChI=1S/C43H56F3N5O9S/c1-6-26-20-25(2)12-7-8-13-27-22-43(27,38(54)50-61(56,57)42(24-44)17-18-42)49-35(52)32-21-28(23-51(32)37(53)33(26)48-39(55)60-40(3,4)41(5,45)46)59-36-30-15-10-9-14-29(30)34-31(47-36)16-11-19-58-34/h8-10,13-15,25-28,32-33H,6-7,11-12,16-24H2,1-5H3,(H,48,55)(H,49,52)(H,50,54)/b13-8-/t25-,26+,27+,28+,32-,33?,43+/m0/s1. The molecule has 3 aliphatic heterocycles. The molecule has 3 fully saturated rings. The first-order chi connectivity index (χ1) is 28.7. The summed E-state index contributed by atoms with van der Waals surface area (Å²) in [5.41, 5.74) is -3.27. The van der Waals surface area contributed by atoms with E-state index >= 15 is 4.79 Å². The number of alkyl halides is 3. The molecule has 2 aromatic rings. The summed E-state index contributed by atoms with van der Waals surface area (Å²) in [4.78, 5) is 63.3. The van der Waals surface area contributed by atoms with Gasteiger partial charge in [0.25, 0.3) is 11.8 Å². The zero-order valence-corrected chi connectivity index (χ0v) is 36.0. The number of pyridine rings is 1. The van der Waals surface area contributed by atoms with Gasteiger partial charge in [0.05, 0.1) is 18.8 Å². The molecule has 0 radical (unpaired) electrons. The molecular weight excluding hydrogens is 820 g/mol. The number of carbonyl (C=O) groups is 4. The van der Waals surface area contributed by atoms with Crippen molar-refractivity contribution >= 4 is 44.6 Å². The maximum atomic E-state index is 15.1. The number of nitrogens with zero attached hydrogens (tertiary/aromatic N) is 2. The molecule has 7 atom stereocenters. The number of rotatable bonds is 10. The van der Waals surface area contributed by atoms with E-state index < -0.39 is 92.3 Å². The molecule has 5 aliphatic rings. The predicted molar refractivity (Wildman–Crippen MR) is 218 cm³/mol. The summed E-state index contributed by atoms with van der Waals surface area (Å²) in [6, 6.07) is 4.77. The minimum atomic E-state index is -4.44. The predicted octanol–water partition coefficient (Wildman–Crippen LogP) is 5.66. The van der Waals surface area contributed by atoms with Crippen molar-refractivity contribution in [2.75, 3.05) is 19.8 Å². The van der Waals surface area contributed by atoms with E-state index in [0.717, 1.165) is 25.7 Å². The molecule has 0 spiro atoms. The molecule has 14 nitrogen and oxygen atoms in total. The van der Waals surface area contributed by atoms with Crippen LogP contribution in [-0.4, -0.2) is 102 Å². The molecule has 1 aromatic heterocycles. The molecule has 2 saturated carbocycles. The number of carbonyl (C=O) groups excluding carboxylic acids is 4. The third-order valence-electron chi connectivity index (χ3n) is 13.3. The highest BCUT2D eigenvalue weighted by atomic mass is 32.2. The molecule has 2 aliphatic carbocycles. The molecule has 3 N–H and O–H groups in total. The smallest absolute Gasteiger partial charge is 0.408 e. The number of aryl methyl sites for hydroxylation is 1. The van der Waals surface area contributed by atoms with Crippen LogP contribution in [0.15, 0.2) is 36.4 Å². The third-order valence-corrected chi connectivity index (χ3v) is 15.4. The van der Waals surface area contributed by atoms with E-state index in [2.05, 4.69) is 15.4 Å². The van der Waals surface area contributed by atoms with Gasteiger partial charge in [0.1, 0.15) is 40.9 Å². The van der Waals surface area contributed by atoms with Gasteiger partial charge in [-0.2, -0.15) is 0 Å². The van der Waals surface area contributed by atoms with E-state index in [1.807, 2.05) is 44.2 Å². The van der Waals surface area contributed by atoms with Gasteiger partial charge >= 0.3 is 6.09 Å². The van der Waals surface area contributed by atoms with Gasteiger partial charge in [-0.1, -0.05) is 50.6 Å². The highest BCUT2D eigenvalue weighted by molar-refractivity contribution is 7.91. The summed E-state index contributed by atoms with van der Waals surface area (Å²) in [5.74, 6) is -6.13. The average molecular weight is 876 g/mol. The number of ether oxygens (including phenoxy) is 3. The Morgan fingerprint density at radius 1 is 1.11 bits per heavy atom. The molecule has 61 heavy (non-hydrogen) atoms. The molecule has 4 amide bonds. The Hall–Kier alpha value is -4.61. The molecule has 0 bridgehead atoms. The van der Waals surface area contributed by atoms with Gasteiger partial charge in [0.15, 0.2) is 5.60 Å². The number of amides is 4. The molecule has 334 valence electrons. The number of sulfonamides is 1. The lowest BCUT2D eigenvalue weighted by Crippen LogP contribution is -2.60. The van der Waals surface area contributed by atoms with Crippen LogP contribution in [0.3, 0.4) is 0 Å². The van der Waals surface area contributed by atoms with Crippen LogP contribution in [0.2, 0.25) is 0 Å². The summed E-state index contributed by atoms with van der Waals surface area (Å²) in [6.45, 7) is 5.78. The van der Waals surface area contributed by atoms with Gasteiger partial charge in [0, 0.05) is 30.0 Å². The number of aromatic nitrogens is 1. The molecule has 1 saturated heterocycles. The van der Waals surface area contributed by atoms with Crippen molar-refractivity contribution < 1.29 is 55.0 Å². The lowest BCUT2D eigenvalue weighted by molar-refractivity contribution is -0.152. The fraction of sp³-hybridized carbons (Fsp3) is 0.651. The van der Waals surface area contributed by atoms with Crippen molar-refractivity contribution in [1.29, 1.82) is 0 Å². The largest absolute Gasteiger partial charge is 0.491 e. The fourth-order valence-electron chi connectivity index (χ4n) is 8.70. The first kappa shape index (κ1) is 44.4. The first-order valence-corrected chi connectivity index (χ1v) is 22.7. The van der Waals surface area contributed by atoms with Gasteiger partial charge in [-0.3, -0.25) is 19.1 Å². The molecule has 18 heteroatoms. The van der Waals surface area contributed by atoms with Gasteiger partial charge < -0.3 is 29.7 Å². The van der Waals surface area contributed by atoms with Crippen molar-refractivity contribution in [3.8, 4) is 11.6 Å². The third kappa shape index (κ3) is 8.74. The highest BCUT2D eigenvalue weighted by Gasteiger charge is 2.64. The van der Waals surface area contributed by atoms with Crippen molar-refractivity contribution in [2.45, 2.75) is 139 Å². The molecule has 7 rings (SSSR count). The van der Waals surface area contributed by atoms with Crippen LogP contribution >= 0.6 is 0 Å². The summed E-state index contributed by atoms with van der Waals surface area (Å²) < 4.78 is 87.6. The number of hydrogen-bond donors (Lipinski definition) is 3. The van der Waals surface area contributed by atoms with Crippen LogP contribution in [0.4, 0.5) is 18.0 Å². The van der Waals surface area contributed by atoms with Crippen LogP contribution in [0.5, 0.6) is 11.6 Å². The maximum Gasteiger partial charge on any atom is 0.408 e. The summed E-state index contributed by atoms with van der Waals surface area (Å²) >= 11 is 0.